The summed E-state index contributed by atoms with van der Waals surface area (Å²) < 4.78 is 5.66. The number of benzene rings is 1. The molecule has 0 aromatic heterocycles. The zero-order valence-corrected chi connectivity index (χ0v) is 9.36. The Morgan fingerprint density at radius 3 is 2.44 bits per heavy atom. The molecule has 0 atom stereocenters. The van der Waals surface area contributed by atoms with Gasteiger partial charge in [0.05, 0.1) is 5.60 Å². The number of hydrogen-bond donors (Lipinski definition) is 2. The molecule has 2 N–H and O–H groups in total. The Morgan fingerprint density at radius 2 is 1.81 bits per heavy atom. The molecule has 3 aliphatic rings. The van der Waals surface area contributed by atoms with Gasteiger partial charge in [-0.25, -0.2) is 0 Å². The minimum Gasteiger partial charge on any atom is -0.508 e. The van der Waals surface area contributed by atoms with E-state index in [0.717, 1.165) is 36.8 Å². The zero-order chi connectivity index (χ0) is 11.3. The first-order valence-corrected chi connectivity index (χ1v) is 5.78. The van der Waals surface area contributed by atoms with Crippen molar-refractivity contribution >= 4 is 0 Å². The van der Waals surface area contributed by atoms with Gasteiger partial charge in [0.1, 0.15) is 11.5 Å². The fourth-order valence-electron chi connectivity index (χ4n) is 3.42. The van der Waals surface area contributed by atoms with Gasteiger partial charge in [-0.1, -0.05) is 0 Å². The third-order valence-electron chi connectivity index (χ3n) is 4.25. The van der Waals surface area contributed by atoms with Crippen molar-refractivity contribution in [1.82, 2.24) is 0 Å². The number of aromatic hydroxyl groups is 2. The Bertz CT molecular complexity index is 431. The summed E-state index contributed by atoms with van der Waals surface area (Å²) >= 11 is 0. The van der Waals surface area contributed by atoms with E-state index < -0.39 is 0 Å². The monoisotopic (exact) mass is 220 g/mol. The highest BCUT2D eigenvalue weighted by molar-refractivity contribution is 5.55. The normalized spacial score (nSPS) is 31.4. The maximum atomic E-state index is 10.0. The third-order valence-corrected chi connectivity index (χ3v) is 4.25. The molecule has 2 bridgehead atoms. The summed E-state index contributed by atoms with van der Waals surface area (Å²) in [5.74, 6) is 0.955. The minimum absolute atomic E-state index is 0.263. The lowest BCUT2D eigenvalue weighted by molar-refractivity contribution is -0.0616. The molecule has 0 heterocycles. The van der Waals surface area contributed by atoms with E-state index in [2.05, 4.69) is 0 Å². The van der Waals surface area contributed by atoms with Gasteiger partial charge in [-0.05, 0) is 43.7 Å². The summed E-state index contributed by atoms with van der Waals surface area (Å²) in [5.41, 5.74) is 1.38. The van der Waals surface area contributed by atoms with Crippen molar-refractivity contribution in [2.45, 2.75) is 37.2 Å². The highest BCUT2D eigenvalue weighted by Crippen LogP contribution is 2.58. The third kappa shape index (κ3) is 1.07. The van der Waals surface area contributed by atoms with Crippen molar-refractivity contribution in [3.63, 3.8) is 0 Å². The number of hydrogen-bond acceptors (Lipinski definition) is 3. The first-order valence-electron chi connectivity index (χ1n) is 5.78. The topological polar surface area (TPSA) is 49.7 Å². The summed E-state index contributed by atoms with van der Waals surface area (Å²) in [6.45, 7) is 0. The number of phenols is 2. The molecule has 4 rings (SSSR count). The predicted octanol–water partition coefficient (Wildman–Crippen LogP) is 2.61. The van der Waals surface area contributed by atoms with Crippen LogP contribution in [0.25, 0.3) is 0 Å². The lowest BCUT2D eigenvalue weighted by Crippen LogP contribution is -2.39. The molecule has 0 saturated heterocycles. The molecule has 1 aromatic carbocycles. The van der Waals surface area contributed by atoms with Crippen LogP contribution in [0, 0.1) is 0 Å². The summed E-state index contributed by atoms with van der Waals surface area (Å²) in [5, 5.41) is 20.0. The van der Waals surface area contributed by atoms with Crippen LogP contribution in [0.4, 0.5) is 0 Å². The second kappa shape index (κ2) is 3.14. The van der Waals surface area contributed by atoms with Crippen LogP contribution < -0.4 is 0 Å². The fourth-order valence-corrected chi connectivity index (χ4v) is 3.42. The second-order valence-corrected chi connectivity index (χ2v) is 4.87. The highest BCUT2D eigenvalue weighted by atomic mass is 16.5. The van der Waals surface area contributed by atoms with Crippen LogP contribution in [-0.4, -0.2) is 17.3 Å². The van der Waals surface area contributed by atoms with Crippen LogP contribution in [0.2, 0.25) is 0 Å². The van der Waals surface area contributed by atoms with Crippen molar-refractivity contribution in [2.24, 2.45) is 0 Å². The van der Waals surface area contributed by atoms with Crippen molar-refractivity contribution in [3.05, 3.63) is 23.3 Å². The first-order chi connectivity index (χ1) is 7.68. The van der Waals surface area contributed by atoms with E-state index in [4.69, 9.17) is 4.74 Å². The number of rotatable bonds is 1. The van der Waals surface area contributed by atoms with Crippen LogP contribution in [0.5, 0.6) is 11.5 Å². The van der Waals surface area contributed by atoms with Crippen LogP contribution in [0.1, 0.15) is 42.7 Å². The van der Waals surface area contributed by atoms with E-state index in [-0.39, 0.29) is 11.4 Å². The molecule has 3 nitrogen and oxygen atoms in total. The lowest BCUT2D eigenvalue weighted by Gasteiger charge is -2.47. The zero-order valence-electron chi connectivity index (χ0n) is 9.36. The first kappa shape index (κ1) is 9.97. The fraction of sp³-hybridized carbons (Fsp3) is 0.538. The Kier molecular flexibility index (Phi) is 1.96. The maximum absolute atomic E-state index is 10.0. The molecule has 0 aliphatic heterocycles. The van der Waals surface area contributed by atoms with Crippen LogP contribution in [0.3, 0.4) is 0 Å². The summed E-state index contributed by atoms with van der Waals surface area (Å²) in [7, 11) is 1.69. The van der Waals surface area contributed by atoms with Gasteiger partial charge in [0, 0.05) is 18.2 Å². The average molecular weight is 220 g/mol. The standard InChI is InChI=1S/C13H16O3/c1-16-13-6-4-8(5-7-13)11-9(14)2-3-10(15)12(11)13/h2-3,8,14-15H,4-7H2,1H3. The highest BCUT2D eigenvalue weighted by Gasteiger charge is 2.47. The number of methoxy groups -OCH3 is 1. The van der Waals surface area contributed by atoms with E-state index in [1.54, 1.807) is 19.2 Å². The summed E-state index contributed by atoms with van der Waals surface area (Å²) in [4.78, 5) is 0. The van der Waals surface area contributed by atoms with Gasteiger partial charge in [-0.3, -0.25) is 0 Å². The molecule has 86 valence electrons. The molecular weight excluding hydrogens is 204 g/mol. The number of fused-ring (bicyclic) bond motifs is 2. The smallest absolute Gasteiger partial charge is 0.122 e. The predicted molar refractivity (Wildman–Crippen MR) is 59.7 cm³/mol. The van der Waals surface area contributed by atoms with Gasteiger partial charge < -0.3 is 14.9 Å². The molecule has 3 heteroatoms. The molecule has 1 saturated carbocycles. The SMILES string of the molecule is COC12CCC(CC1)c1c(O)ccc(O)c12. The average Bonchev–Trinajstić information content (AvgIpc) is 2.35. The molecule has 1 aromatic rings. The molecule has 0 spiro atoms. The van der Waals surface area contributed by atoms with Crippen molar-refractivity contribution in [2.75, 3.05) is 7.11 Å². The Morgan fingerprint density at radius 1 is 1.19 bits per heavy atom. The van der Waals surface area contributed by atoms with Gasteiger partial charge in [0.2, 0.25) is 0 Å². The van der Waals surface area contributed by atoms with Crippen molar-refractivity contribution in [3.8, 4) is 11.5 Å². The van der Waals surface area contributed by atoms with Crippen molar-refractivity contribution < 1.29 is 14.9 Å². The Hall–Kier alpha value is -1.22. The summed E-state index contributed by atoms with van der Waals surface area (Å²) in [6.07, 6.45) is 3.96. The van der Waals surface area contributed by atoms with Crippen LogP contribution in [-0.2, 0) is 10.3 Å². The Labute approximate surface area is 94.7 Å². The molecule has 0 unspecified atom stereocenters. The summed E-state index contributed by atoms with van der Waals surface area (Å²) in [6, 6.07) is 3.15. The molecule has 1 fully saturated rings. The van der Waals surface area contributed by atoms with Gasteiger partial charge >= 0.3 is 0 Å². The van der Waals surface area contributed by atoms with Crippen LogP contribution >= 0.6 is 0 Å². The second-order valence-electron chi connectivity index (χ2n) is 4.87. The molecule has 16 heavy (non-hydrogen) atoms. The molecule has 3 aliphatic carbocycles. The van der Waals surface area contributed by atoms with Gasteiger partial charge in [0.15, 0.2) is 0 Å². The van der Waals surface area contributed by atoms with E-state index >= 15 is 0 Å². The van der Waals surface area contributed by atoms with E-state index in [1.807, 2.05) is 0 Å². The largest absolute Gasteiger partial charge is 0.508 e. The molecule has 0 radical (unpaired) electrons. The van der Waals surface area contributed by atoms with E-state index in [0.29, 0.717) is 11.7 Å². The molecule has 0 amide bonds. The van der Waals surface area contributed by atoms with Gasteiger partial charge in [-0.15, -0.1) is 0 Å². The van der Waals surface area contributed by atoms with Gasteiger partial charge in [-0.2, -0.15) is 0 Å². The quantitative estimate of drug-likeness (QED) is 0.715. The number of ether oxygens (including phenoxy) is 1. The van der Waals surface area contributed by atoms with E-state index in [1.165, 1.54) is 0 Å². The van der Waals surface area contributed by atoms with E-state index in [9.17, 15) is 10.2 Å². The number of phenolic OH excluding ortho intramolecular Hbond substituents is 2. The molecular formula is C13H16O3. The van der Waals surface area contributed by atoms with Crippen LogP contribution in [0.15, 0.2) is 12.1 Å². The van der Waals surface area contributed by atoms with Crippen molar-refractivity contribution in [1.29, 1.82) is 0 Å². The van der Waals surface area contributed by atoms with Gasteiger partial charge in [0.25, 0.3) is 0 Å². The lowest BCUT2D eigenvalue weighted by atomic mass is 9.63. The minimum atomic E-state index is -0.368. The maximum Gasteiger partial charge on any atom is 0.122 e. The Balaban J connectivity index is 2.30.